The average molecular weight is 493 g/mol. The monoisotopic (exact) mass is 492 g/mol. The Kier molecular flexibility index (Phi) is 10.8. The highest BCUT2D eigenvalue weighted by atomic mass is 16.2. The van der Waals surface area contributed by atoms with E-state index in [2.05, 4.69) is 5.32 Å². The third-order valence-corrected chi connectivity index (χ3v) is 7.52. The Balaban J connectivity index is 0.000000196. The molecule has 4 amide bonds. The number of carbonyl (C=O) groups is 4. The Morgan fingerprint density at radius 3 is 1.63 bits per heavy atom. The van der Waals surface area contributed by atoms with Crippen LogP contribution in [0.25, 0.3) is 0 Å². The molecule has 0 aromatic heterocycles. The summed E-state index contributed by atoms with van der Waals surface area (Å²) in [5.41, 5.74) is 5.78. The van der Waals surface area contributed by atoms with E-state index in [4.69, 9.17) is 5.73 Å². The predicted octanol–water partition coefficient (Wildman–Crippen LogP) is 0.158. The topological polar surface area (TPSA) is 119 Å². The first kappa shape index (κ1) is 27.4. The molecule has 10 nitrogen and oxygen atoms in total. The maximum atomic E-state index is 12.2. The van der Waals surface area contributed by atoms with Crippen molar-refractivity contribution < 1.29 is 19.2 Å². The number of nitrogens with two attached hydrogens (primary N) is 1. The van der Waals surface area contributed by atoms with Crippen molar-refractivity contribution in [1.82, 2.24) is 24.9 Å². The molecule has 4 rings (SSSR count). The fourth-order valence-corrected chi connectivity index (χ4v) is 5.28. The maximum absolute atomic E-state index is 12.2. The molecule has 0 aromatic carbocycles. The molecule has 0 saturated carbocycles. The number of carbonyl (C=O) groups excluding carboxylic acids is 4. The summed E-state index contributed by atoms with van der Waals surface area (Å²) in [4.78, 5) is 55.3. The van der Waals surface area contributed by atoms with E-state index in [1.807, 2.05) is 16.8 Å². The van der Waals surface area contributed by atoms with Gasteiger partial charge in [-0.1, -0.05) is 0 Å². The SMILES string of the molecule is CN[C@H]1CCCCN(CC(=O)N2CCCC2)C1=O.NC1CCCCN(CC(=O)N2CCCC2)C1=O. The van der Waals surface area contributed by atoms with Crippen molar-refractivity contribution in [3.05, 3.63) is 0 Å². The van der Waals surface area contributed by atoms with Gasteiger partial charge in [-0.15, -0.1) is 0 Å². The number of nitrogens with one attached hydrogen (secondary N) is 1. The van der Waals surface area contributed by atoms with Gasteiger partial charge in [0.15, 0.2) is 0 Å². The molecule has 0 radical (unpaired) electrons. The van der Waals surface area contributed by atoms with Gasteiger partial charge in [-0.3, -0.25) is 19.2 Å². The smallest absolute Gasteiger partial charge is 0.242 e. The summed E-state index contributed by atoms with van der Waals surface area (Å²) < 4.78 is 0. The van der Waals surface area contributed by atoms with E-state index < -0.39 is 6.04 Å². The van der Waals surface area contributed by atoms with Crippen molar-refractivity contribution in [2.24, 2.45) is 5.73 Å². The largest absolute Gasteiger partial charge is 0.341 e. The lowest BCUT2D eigenvalue weighted by Crippen LogP contribution is -2.48. The van der Waals surface area contributed by atoms with Crippen molar-refractivity contribution in [2.45, 2.75) is 76.3 Å². The number of amides is 4. The second kappa shape index (κ2) is 13.8. The molecule has 4 saturated heterocycles. The first-order valence-corrected chi connectivity index (χ1v) is 13.5. The van der Waals surface area contributed by atoms with Gasteiger partial charge in [0.05, 0.1) is 25.2 Å². The summed E-state index contributed by atoms with van der Waals surface area (Å²) >= 11 is 0. The summed E-state index contributed by atoms with van der Waals surface area (Å²) in [5.74, 6) is 0.208. The molecule has 4 fully saturated rings. The maximum Gasteiger partial charge on any atom is 0.242 e. The Hall–Kier alpha value is -2.20. The number of likely N-dealkylation sites (tertiary alicyclic amines) is 4. The first-order chi connectivity index (χ1) is 16.9. The van der Waals surface area contributed by atoms with Gasteiger partial charge in [0.2, 0.25) is 23.6 Å². The van der Waals surface area contributed by atoms with Gasteiger partial charge >= 0.3 is 0 Å². The molecule has 0 aromatic rings. The minimum Gasteiger partial charge on any atom is -0.341 e. The molecule has 2 atom stereocenters. The van der Waals surface area contributed by atoms with Crippen LogP contribution in [-0.4, -0.2) is 115 Å². The highest BCUT2D eigenvalue weighted by Gasteiger charge is 2.29. The number of nitrogens with zero attached hydrogens (tertiary/aromatic N) is 4. The van der Waals surface area contributed by atoms with Crippen molar-refractivity contribution >= 4 is 23.6 Å². The summed E-state index contributed by atoms with van der Waals surface area (Å²) in [6.45, 7) is 5.26. The second-order valence-corrected chi connectivity index (χ2v) is 10.1. The van der Waals surface area contributed by atoms with E-state index in [1.165, 1.54) is 0 Å². The molecule has 3 N–H and O–H groups in total. The highest BCUT2D eigenvalue weighted by Crippen LogP contribution is 2.15. The van der Waals surface area contributed by atoms with E-state index in [0.29, 0.717) is 6.54 Å². The van der Waals surface area contributed by atoms with Crippen molar-refractivity contribution in [3.63, 3.8) is 0 Å². The quantitative estimate of drug-likeness (QED) is 0.564. The van der Waals surface area contributed by atoms with Gasteiger partial charge in [0.25, 0.3) is 0 Å². The summed E-state index contributed by atoms with van der Waals surface area (Å²) in [5, 5.41) is 3.05. The van der Waals surface area contributed by atoms with Gasteiger partial charge in [0, 0.05) is 39.3 Å². The second-order valence-electron chi connectivity index (χ2n) is 10.1. The lowest BCUT2D eigenvalue weighted by Gasteiger charge is -2.26. The molecule has 0 aliphatic carbocycles. The molecule has 35 heavy (non-hydrogen) atoms. The van der Waals surface area contributed by atoms with Gasteiger partial charge in [-0.05, 0) is 71.3 Å². The number of hydrogen-bond acceptors (Lipinski definition) is 6. The molecule has 0 bridgehead atoms. The van der Waals surface area contributed by atoms with E-state index >= 15 is 0 Å². The van der Waals surface area contributed by atoms with Crippen LogP contribution in [0.3, 0.4) is 0 Å². The number of likely N-dealkylation sites (N-methyl/N-ethyl adjacent to an activating group) is 1. The molecule has 10 heteroatoms. The Morgan fingerprint density at radius 2 is 1.14 bits per heavy atom. The van der Waals surface area contributed by atoms with E-state index in [9.17, 15) is 19.2 Å². The van der Waals surface area contributed by atoms with Crippen LogP contribution in [0.1, 0.15) is 64.2 Å². The molecule has 4 aliphatic heterocycles. The molecule has 0 spiro atoms. The average Bonchev–Trinajstić information content (AvgIpc) is 3.54. The van der Waals surface area contributed by atoms with Crippen LogP contribution in [-0.2, 0) is 19.2 Å². The number of rotatable bonds is 5. The normalized spacial score (nSPS) is 25.8. The zero-order valence-corrected chi connectivity index (χ0v) is 21.4. The van der Waals surface area contributed by atoms with Crippen LogP contribution in [0.4, 0.5) is 0 Å². The Labute approximate surface area is 209 Å². The van der Waals surface area contributed by atoms with Crippen molar-refractivity contribution in [3.8, 4) is 0 Å². The van der Waals surface area contributed by atoms with E-state index in [-0.39, 0.29) is 42.8 Å². The van der Waals surface area contributed by atoms with Crippen LogP contribution in [0.5, 0.6) is 0 Å². The zero-order chi connectivity index (χ0) is 25.2. The standard InChI is InChI=1S/C13H23N3O2.C12H21N3O2/c1-14-11-6-2-3-9-16(13(11)18)10-12(17)15-7-4-5-8-15;13-10-5-1-2-8-15(12(10)17)9-11(16)14-6-3-4-7-14/h11,14H,2-10H2,1H3;10H,1-9,13H2/t11-;/m0./s1. The molecular formula is C25H44N6O4. The van der Waals surface area contributed by atoms with Crippen LogP contribution < -0.4 is 11.1 Å². The summed E-state index contributed by atoms with van der Waals surface area (Å²) in [6, 6.07) is -0.525. The third kappa shape index (κ3) is 7.90. The van der Waals surface area contributed by atoms with Crippen LogP contribution in [0.15, 0.2) is 0 Å². The lowest BCUT2D eigenvalue weighted by molar-refractivity contribution is -0.140. The summed E-state index contributed by atoms with van der Waals surface area (Å²) in [6.07, 6.45) is 9.95. The molecule has 198 valence electrons. The minimum atomic E-state index is -0.413. The minimum absolute atomic E-state index is 0.0601. The van der Waals surface area contributed by atoms with Crippen LogP contribution in [0.2, 0.25) is 0 Å². The van der Waals surface area contributed by atoms with Gasteiger partial charge in [0.1, 0.15) is 0 Å². The predicted molar refractivity (Wildman–Crippen MR) is 133 cm³/mol. The highest BCUT2D eigenvalue weighted by molar-refractivity contribution is 5.88. The van der Waals surface area contributed by atoms with Gasteiger partial charge < -0.3 is 30.7 Å². The van der Waals surface area contributed by atoms with Crippen LogP contribution in [0, 0.1) is 0 Å². The van der Waals surface area contributed by atoms with E-state index in [0.717, 1.165) is 96.9 Å². The summed E-state index contributed by atoms with van der Waals surface area (Å²) in [7, 11) is 1.81. The van der Waals surface area contributed by atoms with Crippen molar-refractivity contribution in [1.29, 1.82) is 0 Å². The molecule has 4 heterocycles. The zero-order valence-electron chi connectivity index (χ0n) is 21.4. The van der Waals surface area contributed by atoms with Gasteiger partial charge in [-0.2, -0.15) is 0 Å². The Morgan fingerprint density at radius 1 is 0.714 bits per heavy atom. The first-order valence-electron chi connectivity index (χ1n) is 13.5. The van der Waals surface area contributed by atoms with Gasteiger partial charge in [-0.25, -0.2) is 0 Å². The fourth-order valence-electron chi connectivity index (χ4n) is 5.28. The third-order valence-electron chi connectivity index (χ3n) is 7.52. The molecule has 4 aliphatic rings. The van der Waals surface area contributed by atoms with E-state index in [1.54, 1.807) is 9.80 Å². The Bertz CT molecular complexity index is 735. The molecular weight excluding hydrogens is 448 g/mol. The van der Waals surface area contributed by atoms with Crippen molar-refractivity contribution in [2.75, 3.05) is 59.4 Å². The molecule has 1 unspecified atom stereocenters. The van der Waals surface area contributed by atoms with Crippen LogP contribution >= 0.6 is 0 Å². The number of hydrogen-bond donors (Lipinski definition) is 2. The lowest BCUT2D eigenvalue weighted by atomic mass is 10.1. The fraction of sp³-hybridized carbons (Fsp3) is 0.840.